The van der Waals surface area contributed by atoms with Gasteiger partial charge in [-0.15, -0.1) is 0 Å². The molecule has 0 bridgehead atoms. The Labute approximate surface area is 110 Å². The predicted molar refractivity (Wildman–Crippen MR) is 75.1 cm³/mol. The molecule has 0 spiro atoms. The van der Waals surface area contributed by atoms with Crippen molar-refractivity contribution >= 4 is 0 Å². The molecule has 3 heteroatoms. The first-order chi connectivity index (χ1) is 8.75. The number of para-hydroxylation sites is 1. The van der Waals surface area contributed by atoms with Gasteiger partial charge in [-0.05, 0) is 24.1 Å². The molecule has 0 saturated heterocycles. The molecule has 1 atom stereocenters. The number of rotatable bonds is 7. The van der Waals surface area contributed by atoms with Crippen molar-refractivity contribution in [1.82, 2.24) is 10.6 Å². The van der Waals surface area contributed by atoms with E-state index in [0.29, 0.717) is 6.10 Å². The second-order valence-corrected chi connectivity index (χ2v) is 5.35. The monoisotopic (exact) mass is 248 g/mol. The summed E-state index contributed by atoms with van der Waals surface area (Å²) in [6.45, 7) is 8.50. The number of ether oxygens (including phenoxy) is 1. The van der Waals surface area contributed by atoms with E-state index in [4.69, 9.17) is 4.74 Å². The Hall–Kier alpha value is -1.06. The molecule has 0 fully saturated rings. The molecule has 1 aromatic carbocycles. The van der Waals surface area contributed by atoms with Crippen molar-refractivity contribution in [2.24, 2.45) is 5.92 Å². The summed E-state index contributed by atoms with van der Waals surface area (Å²) in [5, 5.41) is 6.87. The fourth-order valence-corrected chi connectivity index (χ4v) is 2.20. The number of hydrogen-bond donors (Lipinski definition) is 2. The van der Waals surface area contributed by atoms with Crippen LogP contribution in [0.1, 0.15) is 19.4 Å². The molecule has 0 aliphatic carbocycles. The van der Waals surface area contributed by atoms with E-state index < -0.39 is 0 Å². The average Bonchev–Trinajstić information content (AvgIpc) is 2.75. The molecule has 0 amide bonds. The summed E-state index contributed by atoms with van der Waals surface area (Å²) in [6.07, 6.45) is 1.33. The fraction of sp³-hybridized carbons (Fsp3) is 0.600. The van der Waals surface area contributed by atoms with E-state index in [1.165, 1.54) is 5.56 Å². The number of hydrogen-bond acceptors (Lipinski definition) is 3. The number of benzene rings is 1. The van der Waals surface area contributed by atoms with E-state index in [-0.39, 0.29) is 0 Å². The summed E-state index contributed by atoms with van der Waals surface area (Å²) in [7, 11) is 0. The third kappa shape index (κ3) is 4.00. The molecule has 0 aromatic heterocycles. The maximum atomic E-state index is 5.87. The zero-order valence-corrected chi connectivity index (χ0v) is 11.4. The molecule has 1 heterocycles. The van der Waals surface area contributed by atoms with Gasteiger partial charge in [0.1, 0.15) is 11.9 Å². The molecule has 3 nitrogen and oxygen atoms in total. The second-order valence-electron chi connectivity index (χ2n) is 5.35. The molecular formula is C15H24N2O. The lowest BCUT2D eigenvalue weighted by molar-refractivity contribution is 0.228. The van der Waals surface area contributed by atoms with Gasteiger partial charge in [0.25, 0.3) is 0 Å². The quantitative estimate of drug-likeness (QED) is 0.722. The van der Waals surface area contributed by atoms with Crippen molar-refractivity contribution in [3.63, 3.8) is 0 Å². The minimum atomic E-state index is 0.299. The molecule has 0 radical (unpaired) electrons. The Bertz CT molecular complexity index is 340. The van der Waals surface area contributed by atoms with Gasteiger partial charge in [-0.2, -0.15) is 0 Å². The molecule has 100 valence electrons. The summed E-state index contributed by atoms with van der Waals surface area (Å²) >= 11 is 0. The summed E-state index contributed by atoms with van der Waals surface area (Å²) < 4.78 is 5.87. The Morgan fingerprint density at radius 1 is 1.22 bits per heavy atom. The van der Waals surface area contributed by atoms with Crippen molar-refractivity contribution in [1.29, 1.82) is 0 Å². The van der Waals surface area contributed by atoms with Crippen LogP contribution in [0.5, 0.6) is 5.75 Å². The number of nitrogens with one attached hydrogen (secondary N) is 2. The smallest absolute Gasteiger partial charge is 0.123 e. The largest absolute Gasteiger partial charge is 0.488 e. The van der Waals surface area contributed by atoms with Crippen LogP contribution in [0.2, 0.25) is 0 Å². The molecule has 18 heavy (non-hydrogen) atoms. The highest BCUT2D eigenvalue weighted by molar-refractivity contribution is 5.37. The molecule has 0 saturated carbocycles. The van der Waals surface area contributed by atoms with Crippen LogP contribution in [0.4, 0.5) is 0 Å². The number of fused-ring (bicyclic) bond motifs is 1. The molecule has 1 unspecified atom stereocenters. The Morgan fingerprint density at radius 2 is 2.00 bits per heavy atom. The van der Waals surface area contributed by atoms with Crippen LogP contribution in [-0.4, -0.2) is 32.3 Å². The van der Waals surface area contributed by atoms with E-state index in [1.54, 1.807) is 0 Å². The minimum Gasteiger partial charge on any atom is -0.488 e. The van der Waals surface area contributed by atoms with Gasteiger partial charge in [0.05, 0.1) is 0 Å². The lowest BCUT2D eigenvalue weighted by Crippen LogP contribution is -2.35. The highest BCUT2D eigenvalue weighted by atomic mass is 16.5. The first kappa shape index (κ1) is 13.4. The molecule has 1 aliphatic rings. The van der Waals surface area contributed by atoms with Crippen LogP contribution in [-0.2, 0) is 6.42 Å². The van der Waals surface area contributed by atoms with Crippen LogP contribution in [0.15, 0.2) is 24.3 Å². The van der Waals surface area contributed by atoms with Gasteiger partial charge in [0.15, 0.2) is 0 Å². The zero-order valence-electron chi connectivity index (χ0n) is 11.4. The van der Waals surface area contributed by atoms with E-state index in [0.717, 1.165) is 44.3 Å². The van der Waals surface area contributed by atoms with Crippen molar-refractivity contribution in [3.8, 4) is 5.75 Å². The molecule has 1 aliphatic heterocycles. The molecule has 2 N–H and O–H groups in total. The first-order valence-electron chi connectivity index (χ1n) is 6.91. The van der Waals surface area contributed by atoms with E-state index in [1.807, 2.05) is 6.07 Å². The molecule has 1 aromatic rings. The zero-order chi connectivity index (χ0) is 12.8. The van der Waals surface area contributed by atoms with Crippen molar-refractivity contribution in [3.05, 3.63) is 29.8 Å². The van der Waals surface area contributed by atoms with Crippen LogP contribution in [0.25, 0.3) is 0 Å². The maximum absolute atomic E-state index is 5.87. The Balaban J connectivity index is 1.57. The standard InChI is InChI=1S/C15H24N2O/c1-12(2)10-16-7-8-17-11-14-9-13-5-3-4-6-15(13)18-14/h3-6,12,14,16-17H,7-11H2,1-2H3. The Morgan fingerprint density at radius 3 is 2.78 bits per heavy atom. The van der Waals surface area contributed by atoms with Crippen LogP contribution in [0, 0.1) is 5.92 Å². The summed E-state index contributed by atoms with van der Waals surface area (Å²) in [4.78, 5) is 0. The van der Waals surface area contributed by atoms with Crippen LogP contribution in [0.3, 0.4) is 0 Å². The van der Waals surface area contributed by atoms with Gasteiger partial charge < -0.3 is 15.4 Å². The lowest BCUT2D eigenvalue weighted by Gasteiger charge is -2.12. The van der Waals surface area contributed by atoms with Gasteiger partial charge in [-0.1, -0.05) is 32.0 Å². The summed E-state index contributed by atoms with van der Waals surface area (Å²) in [6, 6.07) is 8.32. The van der Waals surface area contributed by atoms with Crippen LogP contribution < -0.4 is 15.4 Å². The summed E-state index contributed by atoms with van der Waals surface area (Å²) in [5.41, 5.74) is 1.34. The molecular weight excluding hydrogens is 224 g/mol. The third-order valence-corrected chi connectivity index (χ3v) is 3.12. The highest BCUT2D eigenvalue weighted by Gasteiger charge is 2.21. The topological polar surface area (TPSA) is 33.3 Å². The average molecular weight is 248 g/mol. The van der Waals surface area contributed by atoms with Gasteiger partial charge in [-0.25, -0.2) is 0 Å². The third-order valence-electron chi connectivity index (χ3n) is 3.12. The predicted octanol–water partition coefficient (Wildman–Crippen LogP) is 1.83. The van der Waals surface area contributed by atoms with E-state index in [2.05, 4.69) is 42.7 Å². The van der Waals surface area contributed by atoms with E-state index in [9.17, 15) is 0 Å². The van der Waals surface area contributed by atoms with Crippen molar-refractivity contribution in [2.45, 2.75) is 26.4 Å². The minimum absolute atomic E-state index is 0.299. The SMILES string of the molecule is CC(C)CNCCNCC1Cc2ccccc2O1. The van der Waals surface area contributed by atoms with Crippen LogP contribution >= 0.6 is 0 Å². The normalized spacial score (nSPS) is 17.8. The van der Waals surface area contributed by atoms with Gasteiger partial charge in [0.2, 0.25) is 0 Å². The first-order valence-corrected chi connectivity index (χ1v) is 6.91. The lowest BCUT2D eigenvalue weighted by atomic mass is 10.1. The van der Waals surface area contributed by atoms with Gasteiger partial charge in [0, 0.05) is 26.1 Å². The second kappa shape index (κ2) is 6.76. The summed E-state index contributed by atoms with van der Waals surface area (Å²) in [5.74, 6) is 1.78. The van der Waals surface area contributed by atoms with Crippen molar-refractivity contribution < 1.29 is 4.74 Å². The Kier molecular flexibility index (Phi) is 5.02. The highest BCUT2D eigenvalue weighted by Crippen LogP contribution is 2.27. The van der Waals surface area contributed by atoms with E-state index >= 15 is 0 Å². The van der Waals surface area contributed by atoms with Gasteiger partial charge >= 0.3 is 0 Å². The van der Waals surface area contributed by atoms with Crippen molar-refractivity contribution in [2.75, 3.05) is 26.2 Å². The maximum Gasteiger partial charge on any atom is 0.123 e. The molecule has 2 rings (SSSR count). The fourth-order valence-electron chi connectivity index (χ4n) is 2.20. The van der Waals surface area contributed by atoms with Gasteiger partial charge in [-0.3, -0.25) is 0 Å².